The maximum Gasteiger partial charge on any atom is 0.259 e. The van der Waals surface area contributed by atoms with Gasteiger partial charge in [-0.15, -0.1) is 0 Å². The van der Waals surface area contributed by atoms with E-state index in [2.05, 4.69) is 25.9 Å². The molecule has 0 aromatic carbocycles. The van der Waals surface area contributed by atoms with Crippen LogP contribution >= 0.6 is 24.0 Å². The van der Waals surface area contributed by atoms with E-state index < -0.39 is 0 Å². The summed E-state index contributed by atoms with van der Waals surface area (Å²) in [6.07, 6.45) is 3.17. The molecule has 0 radical (unpaired) electrons. The minimum Gasteiger partial charge on any atom is -0.272 e. The predicted molar refractivity (Wildman–Crippen MR) is 76.1 cm³/mol. The lowest BCUT2D eigenvalue weighted by atomic mass is 9.72. The number of thiocarbonyl (C=S) groups is 1. The number of hydrogen-bond acceptors (Lipinski definition) is 4. The van der Waals surface area contributed by atoms with Gasteiger partial charge in [0, 0.05) is 5.71 Å². The Morgan fingerprint density at radius 3 is 2.76 bits per heavy atom. The number of rotatable bonds is 1. The van der Waals surface area contributed by atoms with E-state index in [4.69, 9.17) is 12.2 Å². The van der Waals surface area contributed by atoms with Crippen molar-refractivity contribution in [1.82, 2.24) is 5.01 Å². The molecule has 2 fully saturated rings. The van der Waals surface area contributed by atoms with Gasteiger partial charge in [-0.2, -0.15) is 10.1 Å². The Morgan fingerprint density at radius 1 is 1.53 bits per heavy atom. The zero-order valence-corrected chi connectivity index (χ0v) is 12.2. The fourth-order valence-electron chi connectivity index (χ4n) is 2.78. The number of nitrogens with zero attached hydrogens (tertiary/aromatic N) is 2. The molecule has 3 nitrogen and oxygen atoms in total. The number of hydrogen-bond donors (Lipinski definition) is 0. The molecule has 1 aliphatic carbocycles. The first-order valence-corrected chi connectivity index (χ1v) is 7.33. The molecule has 0 aromatic heterocycles. The molecule has 5 heteroatoms. The van der Waals surface area contributed by atoms with Crippen molar-refractivity contribution in [3.05, 3.63) is 0 Å². The summed E-state index contributed by atoms with van der Waals surface area (Å²) in [5.41, 5.74) is 1.40. The Balaban J connectivity index is 2.16. The highest BCUT2D eigenvalue weighted by Gasteiger charge is 2.32. The fraction of sp³-hybridized carbons (Fsp3) is 0.750. The van der Waals surface area contributed by atoms with Gasteiger partial charge in [0.1, 0.15) is 0 Å². The van der Waals surface area contributed by atoms with E-state index in [9.17, 15) is 4.79 Å². The average Bonchev–Trinajstić information content (AvgIpc) is 2.46. The molecule has 0 spiro atoms. The van der Waals surface area contributed by atoms with Gasteiger partial charge in [0.05, 0.1) is 5.75 Å². The average molecular weight is 270 g/mol. The van der Waals surface area contributed by atoms with E-state index in [1.807, 2.05) is 0 Å². The highest BCUT2D eigenvalue weighted by molar-refractivity contribution is 8.23. The molecule has 1 amide bonds. The van der Waals surface area contributed by atoms with Crippen LogP contribution < -0.4 is 0 Å². The van der Waals surface area contributed by atoms with Gasteiger partial charge in [-0.3, -0.25) is 4.79 Å². The van der Waals surface area contributed by atoms with E-state index in [0.717, 1.165) is 18.6 Å². The highest BCUT2D eigenvalue weighted by atomic mass is 32.2. The van der Waals surface area contributed by atoms with Crippen molar-refractivity contribution in [3.8, 4) is 0 Å². The van der Waals surface area contributed by atoms with Crippen molar-refractivity contribution in [1.29, 1.82) is 0 Å². The summed E-state index contributed by atoms with van der Waals surface area (Å²) < 4.78 is 0.596. The van der Waals surface area contributed by atoms with Crippen molar-refractivity contribution in [2.24, 2.45) is 16.4 Å². The van der Waals surface area contributed by atoms with Crippen molar-refractivity contribution in [2.45, 2.75) is 40.0 Å². The molecule has 0 unspecified atom stereocenters. The summed E-state index contributed by atoms with van der Waals surface area (Å²) in [6.45, 7) is 6.77. The standard InChI is InChI=1S/C12H18N2OS2/c1-8-4-9(6-12(2,3)5-8)13-14-10(15)7-17-11(14)16/h8H,4-7H2,1-3H3/b13-9+/t8-/m0/s1. The number of thioether (sulfide) groups is 1. The molecule has 1 saturated heterocycles. The number of amides is 1. The molecule has 0 bridgehead atoms. The Morgan fingerprint density at radius 2 is 2.24 bits per heavy atom. The van der Waals surface area contributed by atoms with Crippen molar-refractivity contribution in [2.75, 3.05) is 5.75 Å². The zero-order chi connectivity index (χ0) is 12.6. The van der Waals surface area contributed by atoms with Crippen molar-refractivity contribution < 1.29 is 4.79 Å². The van der Waals surface area contributed by atoms with E-state index in [1.54, 1.807) is 0 Å². The van der Waals surface area contributed by atoms with E-state index >= 15 is 0 Å². The predicted octanol–water partition coefficient (Wildman–Crippen LogP) is 3.05. The largest absolute Gasteiger partial charge is 0.272 e. The zero-order valence-electron chi connectivity index (χ0n) is 10.5. The first-order chi connectivity index (χ1) is 7.87. The first kappa shape index (κ1) is 13.0. The van der Waals surface area contributed by atoms with Crippen LogP contribution in [0.2, 0.25) is 0 Å². The summed E-state index contributed by atoms with van der Waals surface area (Å²) in [4.78, 5) is 11.6. The Kier molecular flexibility index (Phi) is 3.59. The summed E-state index contributed by atoms with van der Waals surface area (Å²) >= 11 is 6.54. The van der Waals surface area contributed by atoms with Crippen LogP contribution in [0.3, 0.4) is 0 Å². The lowest BCUT2D eigenvalue weighted by Crippen LogP contribution is -2.31. The second-order valence-corrected chi connectivity index (χ2v) is 7.39. The fourth-order valence-corrected chi connectivity index (χ4v) is 3.73. The van der Waals surface area contributed by atoms with Crippen LogP contribution in [0.15, 0.2) is 5.10 Å². The molecule has 1 aliphatic heterocycles. The first-order valence-electron chi connectivity index (χ1n) is 5.93. The van der Waals surface area contributed by atoms with Gasteiger partial charge in [-0.05, 0) is 30.6 Å². The lowest BCUT2D eigenvalue weighted by molar-refractivity contribution is -0.124. The maximum absolute atomic E-state index is 11.6. The second-order valence-electron chi connectivity index (χ2n) is 5.78. The minimum absolute atomic E-state index is 0.0172. The molecule has 1 atom stereocenters. The molecular formula is C12H18N2OS2. The third-order valence-electron chi connectivity index (χ3n) is 3.14. The molecule has 17 heavy (non-hydrogen) atoms. The van der Waals surface area contributed by atoms with Gasteiger partial charge < -0.3 is 0 Å². The Hall–Kier alpha value is -0.420. The van der Waals surface area contributed by atoms with Crippen LogP contribution in [0, 0.1) is 11.3 Å². The van der Waals surface area contributed by atoms with Crippen LogP contribution in [0.4, 0.5) is 0 Å². The van der Waals surface area contributed by atoms with E-state index in [-0.39, 0.29) is 11.3 Å². The summed E-state index contributed by atoms with van der Waals surface area (Å²) in [5.74, 6) is 1.09. The third-order valence-corrected chi connectivity index (χ3v) is 4.48. The molecule has 1 heterocycles. The van der Waals surface area contributed by atoms with Gasteiger partial charge >= 0.3 is 0 Å². The van der Waals surface area contributed by atoms with Crippen molar-refractivity contribution in [3.63, 3.8) is 0 Å². The lowest BCUT2D eigenvalue weighted by Gasteiger charge is -2.34. The van der Waals surface area contributed by atoms with Gasteiger partial charge in [-0.1, -0.05) is 44.8 Å². The second kappa shape index (κ2) is 4.69. The van der Waals surface area contributed by atoms with Crippen molar-refractivity contribution >= 4 is 39.9 Å². The smallest absolute Gasteiger partial charge is 0.259 e. The van der Waals surface area contributed by atoms with E-state index in [0.29, 0.717) is 16.0 Å². The molecular weight excluding hydrogens is 252 g/mol. The molecule has 0 N–H and O–H groups in total. The maximum atomic E-state index is 11.6. The molecule has 94 valence electrons. The summed E-state index contributed by atoms with van der Waals surface area (Å²) in [5, 5.41) is 5.90. The van der Waals surface area contributed by atoms with Gasteiger partial charge in [0.2, 0.25) is 0 Å². The Bertz CT molecular complexity index is 374. The van der Waals surface area contributed by atoms with Gasteiger partial charge in [0.25, 0.3) is 5.91 Å². The third kappa shape index (κ3) is 3.07. The van der Waals surface area contributed by atoms with Crippen LogP contribution in [0.1, 0.15) is 40.0 Å². The van der Waals surface area contributed by atoms with Gasteiger partial charge in [-0.25, -0.2) is 0 Å². The quantitative estimate of drug-likeness (QED) is 0.687. The number of carbonyl (C=O) groups excluding carboxylic acids is 1. The highest BCUT2D eigenvalue weighted by Crippen LogP contribution is 2.37. The Labute approximate surface area is 112 Å². The number of hydrazone groups is 1. The van der Waals surface area contributed by atoms with Crippen LogP contribution in [-0.2, 0) is 4.79 Å². The minimum atomic E-state index is 0.0172. The SMILES string of the molecule is C[C@H]1C/C(=N\N2C(=O)CSC2=S)CC(C)(C)C1. The summed E-state index contributed by atoms with van der Waals surface area (Å²) in [6, 6.07) is 0. The van der Waals surface area contributed by atoms with E-state index in [1.165, 1.54) is 23.2 Å². The van der Waals surface area contributed by atoms with Crippen LogP contribution in [-0.4, -0.2) is 26.7 Å². The molecule has 0 aromatic rings. The van der Waals surface area contributed by atoms with Crippen LogP contribution in [0.5, 0.6) is 0 Å². The molecule has 2 aliphatic rings. The monoisotopic (exact) mass is 270 g/mol. The summed E-state index contributed by atoms with van der Waals surface area (Å²) in [7, 11) is 0. The van der Waals surface area contributed by atoms with Crippen LogP contribution in [0.25, 0.3) is 0 Å². The van der Waals surface area contributed by atoms with Gasteiger partial charge in [0.15, 0.2) is 4.32 Å². The normalized spacial score (nSPS) is 31.4. The topological polar surface area (TPSA) is 32.7 Å². The molecule has 2 rings (SSSR count). The number of carbonyl (C=O) groups is 1. The molecule has 1 saturated carbocycles.